The Kier molecular flexibility index (Phi) is 3.85. The molecule has 0 unspecified atom stereocenters. The monoisotopic (exact) mass is 253 g/mol. The van der Waals surface area contributed by atoms with Crippen LogP contribution in [0.4, 0.5) is 0 Å². The van der Waals surface area contributed by atoms with Gasteiger partial charge in [-0.1, -0.05) is 42.8 Å². The summed E-state index contributed by atoms with van der Waals surface area (Å²) < 4.78 is 5.60. The Morgan fingerprint density at radius 3 is 2.95 bits per heavy atom. The molecule has 0 radical (unpaired) electrons. The Hall–Kier alpha value is -1.32. The Morgan fingerprint density at radius 1 is 1.21 bits per heavy atom. The SMILES string of the molecule is Cc1ccc2ccccc2c1CCCB1NCCO1. The third kappa shape index (κ3) is 2.83. The maximum absolute atomic E-state index is 5.60. The molecule has 0 bridgehead atoms. The first-order valence-corrected chi connectivity index (χ1v) is 7.17. The molecule has 2 nitrogen and oxygen atoms in total. The summed E-state index contributed by atoms with van der Waals surface area (Å²) in [5, 5.41) is 6.12. The lowest BCUT2D eigenvalue weighted by molar-refractivity contribution is 0.368. The number of fused-ring (bicyclic) bond motifs is 1. The minimum atomic E-state index is 0.273. The summed E-state index contributed by atoms with van der Waals surface area (Å²) in [5.74, 6) is 0. The van der Waals surface area contributed by atoms with Crippen molar-refractivity contribution >= 4 is 17.8 Å². The van der Waals surface area contributed by atoms with Crippen LogP contribution in [0.2, 0.25) is 6.32 Å². The van der Waals surface area contributed by atoms with Crippen LogP contribution in [-0.4, -0.2) is 20.2 Å². The van der Waals surface area contributed by atoms with Crippen LogP contribution in [0.3, 0.4) is 0 Å². The summed E-state index contributed by atoms with van der Waals surface area (Å²) in [4.78, 5) is 0. The van der Waals surface area contributed by atoms with Gasteiger partial charge in [-0.25, -0.2) is 0 Å². The Morgan fingerprint density at radius 2 is 2.11 bits per heavy atom. The Bertz CT molecular complexity index is 564. The summed E-state index contributed by atoms with van der Waals surface area (Å²) in [6, 6.07) is 13.1. The van der Waals surface area contributed by atoms with Crippen molar-refractivity contribution in [2.45, 2.75) is 26.1 Å². The summed E-state index contributed by atoms with van der Waals surface area (Å²) in [5.41, 5.74) is 2.90. The van der Waals surface area contributed by atoms with Gasteiger partial charge >= 0.3 is 7.05 Å². The number of hydrogen-bond donors (Lipinski definition) is 1. The average Bonchev–Trinajstić information content (AvgIpc) is 2.94. The fraction of sp³-hybridized carbons (Fsp3) is 0.375. The van der Waals surface area contributed by atoms with E-state index < -0.39 is 0 Å². The fourth-order valence-electron chi connectivity index (χ4n) is 2.91. The molecule has 0 spiro atoms. The van der Waals surface area contributed by atoms with Gasteiger partial charge in [0.2, 0.25) is 0 Å². The van der Waals surface area contributed by atoms with Gasteiger partial charge in [0.05, 0.1) is 0 Å². The number of rotatable bonds is 4. The molecule has 19 heavy (non-hydrogen) atoms. The summed E-state index contributed by atoms with van der Waals surface area (Å²) in [6.45, 7) is 4.07. The zero-order valence-corrected chi connectivity index (χ0v) is 11.5. The van der Waals surface area contributed by atoms with Gasteiger partial charge in [0.25, 0.3) is 0 Å². The van der Waals surface area contributed by atoms with Gasteiger partial charge in [-0.05, 0) is 41.6 Å². The minimum Gasteiger partial charge on any atom is -0.420 e. The maximum atomic E-state index is 5.60. The van der Waals surface area contributed by atoms with E-state index in [9.17, 15) is 0 Å². The first-order valence-electron chi connectivity index (χ1n) is 7.17. The predicted molar refractivity (Wildman–Crippen MR) is 81.5 cm³/mol. The molecular formula is C16H20BNO. The molecule has 1 fully saturated rings. The van der Waals surface area contributed by atoms with Gasteiger partial charge in [-0.15, -0.1) is 0 Å². The van der Waals surface area contributed by atoms with Crippen LogP contribution < -0.4 is 5.23 Å². The molecule has 3 rings (SSSR count). The molecule has 0 atom stereocenters. The van der Waals surface area contributed by atoms with E-state index in [4.69, 9.17) is 4.65 Å². The molecule has 0 amide bonds. The van der Waals surface area contributed by atoms with Crippen molar-refractivity contribution in [1.82, 2.24) is 5.23 Å². The van der Waals surface area contributed by atoms with Gasteiger partial charge in [-0.2, -0.15) is 0 Å². The van der Waals surface area contributed by atoms with E-state index in [2.05, 4.69) is 48.5 Å². The molecule has 2 aromatic rings. The van der Waals surface area contributed by atoms with E-state index >= 15 is 0 Å². The molecule has 1 N–H and O–H groups in total. The highest BCUT2D eigenvalue weighted by molar-refractivity contribution is 6.49. The normalized spacial score (nSPS) is 15.3. The number of nitrogens with one attached hydrogen (secondary N) is 1. The second-order valence-corrected chi connectivity index (χ2v) is 5.29. The predicted octanol–water partition coefficient (Wildman–Crippen LogP) is 3.19. The molecular weight excluding hydrogens is 233 g/mol. The number of benzene rings is 2. The van der Waals surface area contributed by atoms with Gasteiger partial charge in [-0.3, -0.25) is 0 Å². The Balaban J connectivity index is 1.74. The van der Waals surface area contributed by atoms with Crippen molar-refractivity contribution in [2.24, 2.45) is 0 Å². The molecule has 2 aromatic carbocycles. The first kappa shape index (κ1) is 12.7. The van der Waals surface area contributed by atoms with Crippen LogP contribution in [0.25, 0.3) is 10.8 Å². The molecule has 1 heterocycles. The lowest BCUT2D eigenvalue weighted by Crippen LogP contribution is -2.27. The highest BCUT2D eigenvalue weighted by Crippen LogP contribution is 2.24. The standard InChI is InChI=1S/C16H20BNO/c1-13-8-9-14-5-2-3-6-16(14)15(13)7-4-10-17-18-11-12-19-17/h2-3,5-6,8-9,18H,4,7,10-12H2,1H3. The highest BCUT2D eigenvalue weighted by atomic mass is 16.5. The van der Waals surface area contributed by atoms with E-state index in [0.717, 1.165) is 25.9 Å². The highest BCUT2D eigenvalue weighted by Gasteiger charge is 2.20. The van der Waals surface area contributed by atoms with E-state index in [-0.39, 0.29) is 7.05 Å². The quantitative estimate of drug-likeness (QED) is 0.845. The smallest absolute Gasteiger partial charge is 0.379 e. The molecule has 1 aliphatic rings. The Labute approximate surface area is 115 Å². The van der Waals surface area contributed by atoms with Crippen molar-refractivity contribution in [3.8, 4) is 0 Å². The lowest BCUT2D eigenvalue weighted by Gasteiger charge is -2.11. The average molecular weight is 253 g/mol. The molecule has 1 aliphatic heterocycles. The largest absolute Gasteiger partial charge is 0.420 e. The fourth-order valence-corrected chi connectivity index (χ4v) is 2.91. The van der Waals surface area contributed by atoms with E-state index in [1.165, 1.54) is 28.3 Å². The van der Waals surface area contributed by atoms with Crippen LogP contribution in [0, 0.1) is 6.92 Å². The number of hydrogen-bond acceptors (Lipinski definition) is 2. The van der Waals surface area contributed by atoms with Gasteiger partial charge in [0, 0.05) is 13.2 Å². The molecule has 98 valence electrons. The van der Waals surface area contributed by atoms with Crippen LogP contribution >= 0.6 is 0 Å². The third-order valence-electron chi connectivity index (χ3n) is 3.96. The molecule has 0 saturated carbocycles. The van der Waals surface area contributed by atoms with E-state index in [1.54, 1.807) is 0 Å². The van der Waals surface area contributed by atoms with E-state index in [1.807, 2.05) is 0 Å². The number of aryl methyl sites for hydroxylation is 2. The zero-order valence-electron chi connectivity index (χ0n) is 11.5. The summed E-state index contributed by atoms with van der Waals surface area (Å²) in [7, 11) is 0.273. The zero-order chi connectivity index (χ0) is 13.1. The maximum Gasteiger partial charge on any atom is 0.379 e. The van der Waals surface area contributed by atoms with Crippen LogP contribution in [0.15, 0.2) is 36.4 Å². The van der Waals surface area contributed by atoms with Crippen LogP contribution in [0.5, 0.6) is 0 Å². The van der Waals surface area contributed by atoms with E-state index in [0.29, 0.717) is 0 Å². The third-order valence-corrected chi connectivity index (χ3v) is 3.96. The summed E-state index contributed by atoms with van der Waals surface area (Å²) >= 11 is 0. The van der Waals surface area contributed by atoms with Crippen LogP contribution in [0.1, 0.15) is 17.5 Å². The molecule has 0 aromatic heterocycles. The van der Waals surface area contributed by atoms with Gasteiger partial charge in [0.15, 0.2) is 0 Å². The molecule has 0 aliphatic carbocycles. The second-order valence-electron chi connectivity index (χ2n) is 5.29. The topological polar surface area (TPSA) is 21.3 Å². The summed E-state index contributed by atoms with van der Waals surface area (Å²) in [6.07, 6.45) is 3.41. The lowest BCUT2D eigenvalue weighted by atomic mass is 9.77. The molecule has 3 heteroatoms. The van der Waals surface area contributed by atoms with Crippen molar-refractivity contribution in [2.75, 3.05) is 13.2 Å². The second kappa shape index (κ2) is 5.76. The van der Waals surface area contributed by atoms with Crippen molar-refractivity contribution in [1.29, 1.82) is 0 Å². The van der Waals surface area contributed by atoms with Crippen LogP contribution in [-0.2, 0) is 11.1 Å². The van der Waals surface area contributed by atoms with Crippen molar-refractivity contribution in [3.63, 3.8) is 0 Å². The van der Waals surface area contributed by atoms with Gasteiger partial charge in [0.1, 0.15) is 0 Å². The van der Waals surface area contributed by atoms with Crippen molar-refractivity contribution < 1.29 is 4.65 Å². The van der Waals surface area contributed by atoms with Crippen molar-refractivity contribution in [3.05, 3.63) is 47.5 Å². The van der Waals surface area contributed by atoms with Gasteiger partial charge < -0.3 is 9.88 Å². The molecule has 1 saturated heterocycles. The first-order chi connectivity index (χ1) is 9.34. The minimum absolute atomic E-state index is 0.273.